The maximum atomic E-state index is 13.3. The van der Waals surface area contributed by atoms with E-state index in [0.717, 1.165) is 42.9 Å². The minimum atomic E-state index is -4.50. The molecule has 244 valence electrons. The van der Waals surface area contributed by atoms with E-state index in [1.165, 1.54) is 45.4 Å². The molecule has 0 aromatic carbocycles. The summed E-state index contributed by atoms with van der Waals surface area (Å²) in [5.41, 5.74) is 4.88. The van der Waals surface area contributed by atoms with Crippen molar-refractivity contribution in [1.82, 2.24) is 14.9 Å². The summed E-state index contributed by atoms with van der Waals surface area (Å²) in [6.45, 7) is 8.11. The number of aryl methyl sites for hydroxylation is 1. The van der Waals surface area contributed by atoms with Crippen molar-refractivity contribution in [2.45, 2.75) is 117 Å². The van der Waals surface area contributed by atoms with Crippen molar-refractivity contribution in [2.24, 2.45) is 5.73 Å². The number of nitrogens with zero attached hydrogens (tertiary/aromatic N) is 3. The van der Waals surface area contributed by atoms with Crippen molar-refractivity contribution in [3.63, 3.8) is 0 Å². The Hall–Kier alpha value is -2.87. The number of aliphatic hydroxyl groups excluding tert-OH is 1. The predicted molar refractivity (Wildman–Crippen MR) is 159 cm³/mol. The first-order valence-electron chi connectivity index (χ1n) is 14.7. The van der Waals surface area contributed by atoms with Gasteiger partial charge in [0.1, 0.15) is 12.4 Å². The van der Waals surface area contributed by atoms with Crippen molar-refractivity contribution >= 4 is 29.5 Å². The van der Waals surface area contributed by atoms with Gasteiger partial charge in [0.25, 0.3) is 12.3 Å². The van der Waals surface area contributed by atoms with Gasteiger partial charge >= 0.3 is 6.18 Å². The molecule has 3 aliphatic rings. The van der Waals surface area contributed by atoms with Crippen LogP contribution >= 0.6 is 11.3 Å². The molecule has 2 saturated heterocycles. The number of aromatic nitrogens is 2. The van der Waals surface area contributed by atoms with Crippen molar-refractivity contribution in [1.29, 1.82) is 0 Å². The first-order chi connectivity index (χ1) is 20.4. The van der Waals surface area contributed by atoms with Crippen LogP contribution in [0.5, 0.6) is 0 Å². The minimum absolute atomic E-state index is 0.00920. The van der Waals surface area contributed by atoms with Crippen LogP contribution in [0.4, 0.5) is 27.8 Å². The highest BCUT2D eigenvalue weighted by molar-refractivity contribution is 7.17. The number of nitrogens with two attached hydrogens (primary N) is 1. The predicted octanol–water partition coefficient (Wildman–Crippen LogP) is 7.27. The number of hydrogen-bond acceptors (Lipinski definition) is 7. The molecular formula is C29H44F5N5O3S. The van der Waals surface area contributed by atoms with Crippen molar-refractivity contribution in [3.05, 3.63) is 28.5 Å². The third-order valence-electron chi connectivity index (χ3n) is 6.85. The second kappa shape index (κ2) is 18.7. The summed E-state index contributed by atoms with van der Waals surface area (Å²) in [6.07, 6.45) is 4.21. The Balaban J connectivity index is 0.000000391. The highest BCUT2D eigenvalue weighted by Gasteiger charge is 2.38. The number of amides is 2. The number of nitrogens with one attached hydrogen (secondary N) is 1. The van der Waals surface area contributed by atoms with Crippen LogP contribution < -0.4 is 11.1 Å². The normalized spacial score (nSPS) is 18.7. The summed E-state index contributed by atoms with van der Waals surface area (Å²) in [7, 11) is 0. The zero-order valence-corrected chi connectivity index (χ0v) is 26.2. The number of carbonyl (C=O) groups excluding carboxylic acids is 2. The summed E-state index contributed by atoms with van der Waals surface area (Å²) < 4.78 is 63.1. The Morgan fingerprint density at radius 1 is 1.12 bits per heavy atom. The van der Waals surface area contributed by atoms with Crippen LogP contribution in [0.15, 0.2) is 12.3 Å². The highest BCUT2D eigenvalue weighted by atomic mass is 32.1. The van der Waals surface area contributed by atoms with E-state index in [1.807, 2.05) is 37.9 Å². The molecule has 4 heterocycles. The number of fused-ring (bicyclic) bond motifs is 2. The van der Waals surface area contributed by atoms with Gasteiger partial charge in [0.05, 0.1) is 16.7 Å². The standard InChI is InChI=1S/C13H11F5N4OS.C7H11NO.C5H10O.2C2H6/c1-5-9(24-12(22-5)11(19)23)7-3-20-8(2-6(7)10(14)15)21-4-13(16,17)18;9-5-8-6-1-2-7(8)4-3-6;6-5-3-1-2-4-5;2*1-2/h2-3,10H,4H2,1H3,(H2,19,23)(H,20,21);5-7H,1-4H2;5-6H,1-4H2;2*1-2H3. The van der Waals surface area contributed by atoms with Crippen molar-refractivity contribution in [3.8, 4) is 10.4 Å². The molecule has 2 aromatic rings. The van der Waals surface area contributed by atoms with E-state index in [4.69, 9.17) is 10.8 Å². The van der Waals surface area contributed by atoms with E-state index in [9.17, 15) is 31.5 Å². The van der Waals surface area contributed by atoms with Crippen LogP contribution in [0.2, 0.25) is 0 Å². The van der Waals surface area contributed by atoms with E-state index < -0.39 is 30.6 Å². The van der Waals surface area contributed by atoms with Gasteiger partial charge in [0.2, 0.25) is 6.41 Å². The molecule has 0 atom stereocenters. The molecular weight excluding hydrogens is 593 g/mol. The lowest BCUT2D eigenvalue weighted by atomic mass is 10.0. The smallest absolute Gasteiger partial charge is 0.393 e. The molecule has 14 heteroatoms. The maximum Gasteiger partial charge on any atom is 0.405 e. The van der Waals surface area contributed by atoms with Gasteiger partial charge in [-0.2, -0.15) is 13.2 Å². The van der Waals surface area contributed by atoms with Gasteiger partial charge < -0.3 is 21.1 Å². The molecule has 2 amide bonds. The maximum absolute atomic E-state index is 13.3. The number of carbonyl (C=O) groups is 2. The number of pyridine rings is 1. The lowest BCUT2D eigenvalue weighted by Gasteiger charge is -2.13. The first kappa shape index (κ1) is 38.2. The number of hydrogen-bond donors (Lipinski definition) is 3. The molecule has 1 aliphatic carbocycles. The summed E-state index contributed by atoms with van der Waals surface area (Å²) in [5.74, 6) is -1.13. The van der Waals surface area contributed by atoms with Gasteiger partial charge in [-0.15, -0.1) is 11.3 Å². The lowest BCUT2D eigenvalue weighted by Crippen LogP contribution is -2.26. The Morgan fingerprint density at radius 3 is 2.00 bits per heavy atom. The molecule has 2 bridgehead atoms. The van der Waals surface area contributed by atoms with E-state index in [1.54, 1.807) is 0 Å². The highest BCUT2D eigenvalue weighted by Crippen LogP contribution is 2.37. The Labute approximate surface area is 254 Å². The van der Waals surface area contributed by atoms with Gasteiger partial charge in [-0.1, -0.05) is 40.5 Å². The monoisotopic (exact) mass is 637 g/mol. The quantitative estimate of drug-likeness (QED) is 0.226. The molecule has 4 N–H and O–H groups in total. The van der Waals surface area contributed by atoms with Gasteiger partial charge in [-0.25, -0.2) is 18.7 Å². The summed E-state index contributed by atoms with van der Waals surface area (Å²) >= 11 is 0.816. The largest absolute Gasteiger partial charge is 0.405 e. The number of rotatable bonds is 6. The molecule has 0 spiro atoms. The molecule has 0 radical (unpaired) electrons. The Morgan fingerprint density at radius 2 is 1.65 bits per heavy atom. The molecule has 0 unspecified atom stereocenters. The molecule has 2 aromatic heterocycles. The van der Waals surface area contributed by atoms with Crippen LogP contribution in [-0.2, 0) is 4.79 Å². The SMILES string of the molecule is CC.CC.Cc1nc(C(N)=O)sc1-c1cnc(NCC(F)(F)F)cc1C(F)F.O=CN1C2CCC1CC2.OC1CCCC1. The molecule has 2 aliphatic heterocycles. The van der Waals surface area contributed by atoms with Gasteiger partial charge in [-0.05, 0) is 51.5 Å². The summed E-state index contributed by atoms with van der Waals surface area (Å²) in [6, 6.07) is 2.08. The summed E-state index contributed by atoms with van der Waals surface area (Å²) in [4.78, 5) is 31.4. The lowest BCUT2D eigenvalue weighted by molar-refractivity contribution is -0.119. The molecule has 5 rings (SSSR count). The number of thiazole rings is 1. The molecule has 1 saturated carbocycles. The Kier molecular flexibility index (Phi) is 16.6. The number of anilines is 1. The topological polar surface area (TPSA) is 121 Å². The third-order valence-corrected chi connectivity index (χ3v) is 8.05. The fraction of sp³-hybridized carbons (Fsp3) is 0.655. The average Bonchev–Trinajstić information content (AvgIpc) is 3.79. The zero-order chi connectivity index (χ0) is 32.7. The van der Waals surface area contributed by atoms with Gasteiger partial charge in [0, 0.05) is 29.4 Å². The molecule has 43 heavy (non-hydrogen) atoms. The minimum Gasteiger partial charge on any atom is -0.393 e. The van der Waals surface area contributed by atoms with E-state index in [0.29, 0.717) is 17.8 Å². The fourth-order valence-corrected chi connectivity index (χ4v) is 5.86. The summed E-state index contributed by atoms with van der Waals surface area (Å²) in [5, 5.41) is 10.6. The Bertz CT molecular complexity index is 1110. The van der Waals surface area contributed by atoms with Gasteiger partial charge in [0.15, 0.2) is 5.01 Å². The van der Waals surface area contributed by atoms with Crippen LogP contribution in [-0.4, -0.2) is 63.2 Å². The van der Waals surface area contributed by atoms with E-state index >= 15 is 0 Å². The van der Waals surface area contributed by atoms with Crippen molar-refractivity contribution in [2.75, 3.05) is 11.9 Å². The number of primary amides is 1. The number of aliphatic hydroxyl groups is 1. The van der Waals surface area contributed by atoms with Crippen LogP contribution in [0.25, 0.3) is 10.4 Å². The number of alkyl halides is 5. The first-order valence-corrected chi connectivity index (χ1v) is 15.5. The number of halogens is 5. The van der Waals surface area contributed by atoms with Crippen molar-refractivity contribution < 1.29 is 36.6 Å². The fourth-order valence-electron chi connectivity index (χ4n) is 4.91. The zero-order valence-electron chi connectivity index (χ0n) is 25.4. The third kappa shape index (κ3) is 12.0. The van der Waals surface area contributed by atoms with E-state index in [2.05, 4.69) is 9.97 Å². The average molecular weight is 638 g/mol. The van der Waals surface area contributed by atoms with Crippen LogP contribution in [0, 0.1) is 6.92 Å². The second-order valence-electron chi connectivity index (χ2n) is 9.68. The molecule has 3 fully saturated rings. The van der Waals surface area contributed by atoms with Crippen LogP contribution in [0.1, 0.15) is 107 Å². The van der Waals surface area contributed by atoms with Crippen LogP contribution in [0.3, 0.4) is 0 Å². The van der Waals surface area contributed by atoms with Gasteiger partial charge in [-0.3, -0.25) is 9.59 Å². The second-order valence-corrected chi connectivity index (χ2v) is 10.7. The molecule has 8 nitrogen and oxygen atoms in total. The van der Waals surface area contributed by atoms with E-state index in [-0.39, 0.29) is 27.4 Å².